The number of carbonyl (C=O) groups is 2. The predicted molar refractivity (Wildman–Crippen MR) is 108 cm³/mol. The number of nitrogens with two attached hydrogens (primary N) is 1. The molecule has 2 heterocycles. The van der Waals surface area contributed by atoms with Crippen molar-refractivity contribution in [2.75, 3.05) is 17.2 Å². The zero-order chi connectivity index (χ0) is 19.4. The second kappa shape index (κ2) is 8.91. The van der Waals surface area contributed by atoms with E-state index in [0.717, 1.165) is 49.3 Å². The van der Waals surface area contributed by atoms with E-state index in [4.69, 9.17) is 5.73 Å². The minimum Gasteiger partial charge on any atom is -0.368 e. The van der Waals surface area contributed by atoms with Gasteiger partial charge in [-0.3, -0.25) is 9.59 Å². The molecule has 0 spiro atoms. The number of hydrogen-bond donors (Lipinski definition) is 3. The van der Waals surface area contributed by atoms with Gasteiger partial charge in [-0.25, -0.2) is 9.97 Å². The van der Waals surface area contributed by atoms with Crippen LogP contribution in [0.3, 0.4) is 0 Å². The Labute approximate surface area is 164 Å². The number of nitrogen functional groups attached to an aromatic ring is 1. The number of nitrogens with zero attached hydrogens (tertiary/aromatic N) is 2. The molecule has 1 aromatic heterocycles. The van der Waals surface area contributed by atoms with Crippen LogP contribution in [0, 0.1) is 5.92 Å². The minimum absolute atomic E-state index is 0.0611. The number of anilines is 1. The van der Waals surface area contributed by atoms with Crippen molar-refractivity contribution in [1.29, 1.82) is 0 Å². The molecule has 1 aromatic rings. The fourth-order valence-corrected chi connectivity index (χ4v) is 4.78. The van der Waals surface area contributed by atoms with Crippen molar-refractivity contribution in [3.63, 3.8) is 0 Å². The molecule has 2 amide bonds. The molecule has 0 radical (unpaired) electrons. The lowest BCUT2D eigenvalue weighted by Crippen LogP contribution is -2.43. The Bertz CT molecular complexity index is 683. The number of aromatic nitrogens is 2. The van der Waals surface area contributed by atoms with Crippen LogP contribution < -0.4 is 16.4 Å². The van der Waals surface area contributed by atoms with Crippen LogP contribution in [0.25, 0.3) is 0 Å². The molecule has 0 aromatic carbocycles. The molecule has 1 aliphatic carbocycles. The van der Waals surface area contributed by atoms with E-state index in [-0.39, 0.29) is 35.6 Å². The van der Waals surface area contributed by atoms with Gasteiger partial charge in [0.05, 0.1) is 0 Å². The Morgan fingerprint density at radius 2 is 1.85 bits per heavy atom. The summed E-state index contributed by atoms with van der Waals surface area (Å²) in [5.41, 5.74) is 6.81. The van der Waals surface area contributed by atoms with Gasteiger partial charge in [0.15, 0.2) is 0 Å². The number of carbonyl (C=O) groups excluding carboxylic acids is 2. The SMILES string of the molecule is CC(C)c1cc(C(=O)NC2CCC(C(=O)NC3CCSC3)CC2)nc(N)n1. The van der Waals surface area contributed by atoms with Crippen molar-refractivity contribution in [1.82, 2.24) is 20.6 Å². The molecule has 148 valence electrons. The van der Waals surface area contributed by atoms with E-state index >= 15 is 0 Å². The Morgan fingerprint density at radius 3 is 2.48 bits per heavy atom. The molecule has 7 nitrogen and oxygen atoms in total. The average Bonchev–Trinajstić information content (AvgIpc) is 3.14. The molecular formula is C19H29N5O2S. The first-order chi connectivity index (χ1) is 12.9. The maximum absolute atomic E-state index is 12.5. The molecule has 2 fully saturated rings. The van der Waals surface area contributed by atoms with Crippen LogP contribution >= 0.6 is 11.8 Å². The molecule has 0 bridgehead atoms. The molecule has 1 unspecified atom stereocenters. The summed E-state index contributed by atoms with van der Waals surface area (Å²) in [7, 11) is 0. The molecule has 2 aliphatic rings. The molecule has 1 aliphatic heterocycles. The summed E-state index contributed by atoms with van der Waals surface area (Å²) < 4.78 is 0. The van der Waals surface area contributed by atoms with E-state index in [1.807, 2.05) is 25.6 Å². The molecule has 4 N–H and O–H groups in total. The van der Waals surface area contributed by atoms with Gasteiger partial charge in [-0.05, 0) is 49.8 Å². The first kappa shape index (κ1) is 19.9. The summed E-state index contributed by atoms with van der Waals surface area (Å²) in [6.07, 6.45) is 4.30. The van der Waals surface area contributed by atoms with Crippen molar-refractivity contribution < 1.29 is 9.59 Å². The number of thioether (sulfide) groups is 1. The van der Waals surface area contributed by atoms with E-state index in [0.29, 0.717) is 11.7 Å². The summed E-state index contributed by atoms with van der Waals surface area (Å²) >= 11 is 1.90. The Morgan fingerprint density at radius 1 is 1.11 bits per heavy atom. The third kappa shape index (κ3) is 5.34. The molecule has 1 saturated carbocycles. The van der Waals surface area contributed by atoms with Crippen LogP contribution in [-0.4, -0.2) is 45.4 Å². The predicted octanol–water partition coefficient (Wildman–Crippen LogP) is 2.09. The van der Waals surface area contributed by atoms with Crippen LogP contribution in [0.4, 0.5) is 5.95 Å². The van der Waals surface area contributed by atoms with E-state index in [2.05, 4.69) is 20.6 Å². The second-order valence-corrected chi connectivity index (χ2v) is 8.93. The third-order valence-corrected chi connectivity index (χ3v) is 6.46. The smallest absolute Gasteiger partial charge is 0.270 e. The average molecular weight is 392 g/mol. The van der Waals surface area contributed by atoms with Crippen molar-refractivity contribution in [3.05, 3.63) is 17.5 Å². The summed E-state index contributed by atoms with van der Waals surface area (Å²) in [5.74, 6) is 2.48. The lowest BCUT2D eigenvalue weighted by molar-refractivity contribution is -0.126. The van der Waals surface area contributed by atoms with Crippen molar-refractivity contribution >= 4 is 29.5 Å². The number of amides is 2. The van der Waals surface area contributed by atoms with Crippen molar-refractivity contribution in [2.45, 2.75) is 64.0 Å². The van der Waals surface area contributed by atoms with Crippen LogP contribution in [0.15, 0.2) is 6.07 Å². The van der Waals surface area contributed by atoms with Gasteiger partial charge in [-0.2, -0.15) is 11.8 Å². The lowest BCUT2D eigenvalue weighted by Gasteiger charge is -2.29. The van der Waals surface area contributed by atoms with Gasteiger partial charge in [-0.15, -0.1) is 0 Å². The van der Waals surface area contributed by atoms with E-state index in [9.17, 15) is 9.59 Å². The normalized spacial score (nSPS) is 25.4. The van der Waals surface area contributed by atoms with Gasteiger partial charge in [0.1, 0.15) is 5.69 Å². The van der Waals surface area contributed by atoms with E-state index in [1.54, 1.807) is 6.07 Å². The Balaban J connectivity index is 1.50. The van der Waals surface area contributed by atoms with Crippen LogP contribution in [0.5, 0.6) is 0 Å². The number of hydrogen-bond acceptors (Lipinski definition) is 6. The third-order valence-electron chi connectivity index (χ3n) is 5.30. The zero-order valence-corrected chi connectivity index (χ0v) is 16.8. The first-order valence-corrected chi connectivity index (χ1v) is 10.9. The van der Waals surface area contributed by atoms with Gasteiger partial charge < -0.3 is 16.4 Å². The maximum Gasteiger partial charge on any atom is 0.270 e. The van der Waals surface area contributed by atoms with Gasteiger partial charge >= 0.3 is 0 Å². The summed E-state index contributed by atoms with van der Waals surface area (Å²) in [6, 6.07) is 2.11. The van der Waals surface area contributed by atoms with Gasteiger partial charge in [0, 0.05) is 29.4 Å². The van der Waals surface area contributed by atoms with Crippen LogP contribution in [0.2, 0.25) is 0 Å². The standard InChI is InChI=1S/C19H29N5O2S/c1-11(2)15-9-16(24-19(20)23-15)18(26)21-13-5-3-12(4-6-13)17(25)22-14-7-8-27-10-14/h9,11-14H,3-8,10H2,1-2H3,(H,21,26)(H,22,25)(H2,20,23,24). The summed E-state index contributed by atoms with van der Waals surface area (Å²) in [4.78, 5) is 33.2. The highest BCUT2D eigenvalue weighted by Gasteiger charge is 2.29. The fourth-order valence-electron chi connectivity index (χ4n) is 3.62. The highest BCUT2D eigenvalue weighted by molar-refractivity contribution is 7.99. The maximum atomic E-state index is 12.5. The quantitative estimate of drug-likeness (QED) is 0.709. The van der Waals surface area contributed by atoms with Crippen molar-refractivity contribution in [3.8, 4) is 0 Å². The Kier molecular flexibility index (Phi) is 6.57. The Hall–Kier alpha value is -1.83. The summed E-state index contributed by atoms with van der Waals surface area (Å²) in [6.45, 7) is 4.00. The summed E-state index contributed by atoms with van der Waals surface area (Å²) in [5, 5.41) is 6.22. The van der Waals surface area contributed by atoms with Gasteiger partial charge in [0.25, 0.3) is 5.91 Å². The van der Waals surface area contributed by atoms with Crippen LogP contribution in [-0.2, 0) is 4.79 Å². The highest BCUT2D eigenvalue weighted by Crippen LogP contribution is 2.26. The fraction of sp³-hybridized carbons (Fsp3) is 0.684. The first-order valence-electron chi connectivity index (χ1n) is 9.75. The minimum atomic E-state index is -0.220. The van der Waals surface area contributed by atoms with Gasteiger partial charge in [0.2, 0.25) is 11.9 Å². The number of nitrogens with one attached hydrogen (secondary N) is 2. The lowest BCUT2D eigenvalue weighted by atomic mass is 9.85. The molecule has 3 rings (SSSR count). The molecule has 1 saturated heterocycles. The second-order valence-electron chi connectivity index (χ2n) is 7.78. The topological polar surface area (TPSA) is 110 Å². The van der Waals surface area contributed by atoms with E-state index in [1.165, 1.54) is 0 Å². The van der Waals surface area contributed by atoms with Crippen LogP contribution in [0.1, 0.15) is 68.1 Å². The van der Waals surface area contributed by atoms with E-state index < -0.39 is 0 Å². The zero-order valence-electron chi connectivity index (χ0n) is 16.0. The van der Waals surface area contributed by atoms with Gasteiger partial charge in [-0.1, -0.05) is 13.8 Å². The molecule has 27 heavy (non-hydrogen) atoms. The highest BCUT2D eigenvalue weighted by atomic mass is 32.2. The monoisotopic (exact) mass is 391 g/mol. The molecule has 1 atom stereocenters. The largest absolute Gasteiger partial charge is 0.368 e. The molecular weight excluding hydrogens is 362 g/mol. The molecule has 8 heteroatoms. The van der Waals surface area contributed by atoms with Crippen molar-refractivity contribution in [2.24, 2.45) is 5.92 Å². The number of rotatable bonds is 5.